The molecule has 1 aromatic carbocycles. The van der Waals surface area contributed by atoms with Gasteiger partial charge >= 0.3 is 0 Å². The second kappa shape index (κ2) is 5.00. The van der Waals surface area contributed by atoms with Crippen LogP contribution in [0.1, 0.15) is 19.2 Å². The molecule has 0 aliphatic carbocycles. The van der Waals surface area contributed by atoms with Crippen LogP contribution < -0.4 is 11.2 Å². The number of rotatable bonds is 4. The molecular formula is C15H18N5. The van der Waals surface area contributed by atoms with Gasteiger partial charge in [-0.15, -0.1) is 0 Å². The van der Waals surface area contributed by atoms with Crippen molar-refractivity contribution in [3.05, 3.63) is 37.0 Å². The van der Waals surface area contributed by atoms with Crippen molar-refractivity contribution in [1.29, 1.82) is 0 Å². The van der Waals surface area contributed by atoms with E-state index in [2.05, 4.69) is 29.2 Å². The van der Waals surface area contributed by atoms with Crippen LogP contribution in [0.5, 0.6) is 0 Å². The number of nitrogens with zero attached hydrogens (tertiary/aromatic N) is 3. The number of aromatic nitrogens is 3. The van der Waals surface area contributed by atoms with Crippen molar-refractivity contribution in [2.45, 2.75) is 19.8 Å². The van der Waals surface area contributed by atoms with Gasteiger partial charge in [0.15, 0.2) is 5.82 Å². The fourth-order valence-electron chi connectivity index (χ4n) is 2.45. The highest BCUT2D eigenvalue weighted by molar-refractivity contribution is 6.06. The third-order valence-corrected chi connectivity index (χ3v) is 3.35. The molecule has 0 aliphatic heterocycles. The number of aryl methyl sites for hydroxylation is 1. The molecule has 0 saturated heterocycles. The van der Waals surface area contributed by atoms with Gasteiger partial charge in [-0.2, -0.15) is 0 Å². The Morgan fingerprint density at radius 3 is 2.85 bits per heavy atom. The number of fused-ring (bicyclic) bond motifs is 3. The van der Waals surface area contributed by atoms with Crippen molar-refractivity contribution in [1.82, 2.24) is 14.6 Å². The topological polar surface area (TPSA) is 68.8 Å². The Balaban J connectivity index is 2.38. The molecule has 5 nitrogen and oxygen atoms in total. The van der Waals surface area contributed by atoms with Gasteiger partial charge < -0.3 is 11.2 Å². The van der Waals surface area contributed by atoms with E-state index in [1.54, 1.807) is 0 Å². The van der Waals surface area contributed by atoms with Crippen LogP contribution in [0.3, 0.4) is 0 Å². The summed E-state index contributed by atoms with van der Waals surface area (Å²) >= 11 is 0. The Kier molecular flexibility index (Phi) is 3.18. The molecule has 1 radical (unpaired) electrons. The Labute approximate surface area is 117 Å². The molecule has 3 aromatic rings. The van der Waals surface area contributed by atoms with E-state index in [4.69, 9.17) is 5.73 Å². The van der Waals surface area contributed by atoms with Crippen molar-refractivity contribution >= 4 is 27.8 Å². The number of para-hydroxylation sites is 1. The molecule has 2 aromatic heterocycles. The number of imidazole rings is 1. The molecule has 0 spiro atoms. The lowest BCUT2D eigenvalue weighted by Crippen LogP contribution is -2.18. The van der Waals surface area contributed by atoms with Gasteiger partial charge in [0.1, 0.15) is 16.9 Å². The minimum absolute atomic E-state index is 0.476. The summed E-state index contributed by atoms with van der Waals surface area (Å²) in [7, 11) is 0. The predicted octanol–water partition coefficient (Wildman–Crippen LogP) is 2.50. The maximum atomic E-state index is 6.06. The average Bonchev–Trinajstić information content (AvgIpc) is 2.84. The van der Waals surface area contributed by atoms with E-state index in [1.165, 1.54) is 0 Å². The monoisotopic (exact) mass is 268 g/mol. The SMILES string of the molecule is [CH2]CCNn1c(CC)nc2c(N)nc3ccccc3c21. The zero-order chi connectivity index (χ0) is 14.1. The van der Waals surface area contributed by atoms with E-state index in [0.29, 0.717) is 5.82 Å². The number of nitrogen functional groups attached to an aromatic ring is 1. The minimum atomic E-state index is 0.476. The molecular weight excluding hydrogens is 250 g/mol. The minimum Gasteiger partial charge on any atom is -0.382 e. The second-order valence-corrected chi connectivity index (χ2v) is 4.69. The molecule has 0 aliphatic rings. The fraction of sp³-hybridized carbons (Fsp3) is 0.267. The number of pyridine rings is 1. The van der Waals surface area contributed by atoms with Crippen LogP contribution in [0.15, 0.2) is 24.3 Å². The van der Waals surface area contributed by atoms with Crippen molar-refractivity contribution in [3.63, 3.8) is 0 Å². The summed E-state index contributed by atoms with van der Waals surface area (Å²) in [5.74, 6) is 1.43. The summed E-state index contributed by atoms with van der Waals surface area (Å²) in [5.41, 5.74) is 12.1. The lowest BCUT2D eigenvalue weighted by Gasteiger charge is -2.11. The number of hydrogen-bond acceptors (Lipinski definition) is 4. The smallest absolute Gasteiger partial charge is 0.152 e. The quantitative estimate of drug-likeness (QED) is 0.762. The molecule has 103 valence electrons. The number of benzene rings is 1. The summed E-state index contributed by atoms with van der Waals surface area (Å²) in [6, 6.07) is 7.98. The highest BCUT2D eigenvalue weighted by atomic mass is 15.4. The predicted molar refractivity (Wildman–Crippen MR) is 83.0 cm³/mol. The third kappa shape index (κ3) is 1.86. The van der Waals surface area contributed by atoms with Gasteiger partial charge in [-0.1, -0.05) is 32.0 Å². The van der Waals surface area contributed by atoms with Gasteiger partial charge in [-0.25, -0.2) is 14.6 Å². The Hall–Kier alpha value is -2.30. The van der Waals surface area contributed by atoms with Crippen molar-refractivity contribution in [2.24, 2.45) is 0 Å². The van der Waals surface area contributed by atoms with Crippen LogP contribution in [0, 0.1) is 6.92 Å². The summed E-state index contributed by atoms with van der Waals surface area (Å²) in [6.07, 6.45) is 1.63. The molecule has 5 heteroatoms. The van der Waals surface area contributed by atoms with Gasteiger partial charge in [0.25, 0.3) is 0 Å². The van der Waals surface area contributed by atoms with Gasteiger partial charge in [-0.3, -0.25) is 0 Å². The summed E-state index contributed by atoms with van der Waals surface area (Å²) in [5, 5.41) is 1.06. The molecule has 0 saturated carbocycles. The van der Waals surface area contributed by atoms with Crippen LogP contribution in [0.4, 0.5) is 5.82 Å². The van der Waals surface area contributed by atoms with Gasteiger partial charge in [0.05, 0.1) is 5.52 Å². The van der Waals surface area contributed by atoms with E-state index >= 15 is 0 Å². The second-order valence-electron chi connectivity index (χ2n) is 4.69. The highest BCUT2D eigenvalue weighted by Gasteiger charge is 2.15. The first-order valence-electron chi connectivity index (χ1n) is 6.85. The molecule has 0 fully saturated rings. The van der Waals surface area contributed by atoms with E-state index in [9.17, 15) is 0 Å². The Bertz CT molecular complexity index is 760. The van der Waals surface area contributed by atoms with Gasteiger partial charge in [0.2, 0.25) is 0 Å². The van der Waals surface area contributed by atoms with Crippen molar-refractivity contribution in [2.75, 3.05) is 17.7 Å². The fourth-order valence-corrected chi connectivity index (χ4v) is 2.45. The lowest BCUT2D eigenvalue weighted by molar-refractivity contribution is 0.787. The maximum absolute atomic E-state index is 6.06. The van der Waals surface area contributed by atoms with E-state index in [0.717, 1.165) is 47.1 Å². The van der Waals surface area contributed by atoms with Crippen LogP contribution in [0.2, 0.25) is 0 Å². The first-order chi connectivity index (χ1) is 9.76. The number of nitrogens with one attached hydrogen (secondary N) is 1. The summed E-state index contributed by atoms with van der Waals surface area (Å²) < 4.78 is 2.03. The molecule has 0 amide bonds. The first-order valence-corrected chi connectivity index (χ1v) is 6.85. The van der Waals surface area contributed by atoms with Gasteiger partial charge in [0, 0.05) is 18.4 Å². The zero-order valence-electron chi connectivity index (χ0n) is 11.6. The first kappa shape index (κ1) is 12.7. The Morgan fingerprint density at radius 2 is 2.10 bits per heavy atom. The van der Waals surface area contributed by atoms with E-state index in [-0.39, 0.29) is 0 Å². The maximum Gasteiger partial charge on any atom is 0.152 e. The molecule has 0 atom stereocenters. The van der Waals surface area contributed by atoms with Crippen LogP contribution >= 0.6 is 0 Å². The number of hydrogen-bond donors (Lipinski definition) is 2. The van der Waals surface area contributed by atoms with Crippen LogP contribution in [0.25, 0.3) is 21.9 Å². The molecule has 3 N–H and O–H groups in total. The number of nitrogens with two attached hydrogens (primary N) is 1. The normalized spacial score (nSPS) is 11.3. The zero-order valence-corrected chi connectivity index (χ0v) is 11.6. The molecule has 3 rings (SSSR count). The summed E-state index contributed by atoms with van der Waals surface area (Å²) in [6.45, 7) is 6.73. The van der Waals surface area contributed by atoms with Gasteiger partial charge in [-0.05, 0) is 12.5 Å². The molecule has 0 bridgehead atoms. The third-order valence-electron chi connectivity index (χ3n) is 3.35. The van der Waals surface area contributed by atoms with Crippen molar-refractivity contribution in [3.8, 4) is 0 Å². The van der Waals surface area contributed by atoms with Crippen molar-refractivity contribution < 1.29 is 0 Å². The molecule has 2 heterocycles. The van der Waals surface area contributed by atoms with Crippen LogP contribution in [-0.4, -0.2) is 21.2 Å². The average molecular weight is 268 g/mol. The number of anilines is 1. The van der Waals surface area contributed by atoms with Crippen LogP contribution in [-0.2, 0) is 6.42 Å². The standard InChI is InChI=1S/C15H18N5/c1-3-9-17-20-12(4-2)19-13-14(20)10-7-5-6-8-11(10)18-15(13)16/h5-8,17H,1,3-4,9H2,2H3,(H2,16,18). The highest BCUT2D eigenvalue weighted by Crippen LogP contribution is 2.28. The van der Waals surface area contributed by atoms with E-state index in [1.807, 2.05) is 28.9 Å². The Morgan fingerprint density at radius 1 is 1.30 bits per heavy atom. The molecule has 20 heavy (non-hydrogen) atoms. The lowest BCUT2D eigenvalue weighted by atomic mass is 10.2. The van der Waals surface area contributed by atoms with E-state index < -0.39 is 0 Å². The summed E-state index contributed by atoms with van der Waals surface area (Å²) in [4.78, 5) is 9.06. The largest absolute Gasteiger partial charge is 0.382 e. The molecule has 0 unspecified atom stereocenters.